The van der Waals surface area contributed by atoms with Crippen LogP contribution in [-0.4, -0.2) is 58.8 Å². The van der Waals surface area contributed by atoms with Gasteiger partial charge in [-0.1, -0.05) is 26.0 Å². The van der Waals surface area contributed by atoms with Gasteiger partial charge in [-0.25, -0.2) is 18.8 Å². The van der Waals surface area contributed by atoms with E-state index in [-0.39, 0.29) is 48.9 Å². The number of benzene rings is 2. The predicted molar refractivity (Wildman–Crippen MR) is 152 cm³/mol. The standard InChI is InChI=1S/2C14H15FN2O2S.Ca/c2*1-8-7-20-14(17(8)3)16-10-4-5-11(12(15)6-10)9(2)13(18)19;/h2*4-7,9H,1-3H3,(H,18,19);/q;;+2/p-2. The van der Waals surface area contributed by atoms with Crippen LogP contribution in [0.15, 0.2) is 57.1 Å². The third kappa shape index (κ3) is 8.68. The molecule has 0 N–H and O–H groups in total. The summed E-state index contributed by atoms with van der Waals surface area (Å²) in [6, 6.07) is 8.57. The third-order valence-corrected chi connectivity index (χ3v) is 8.43. The van der Waals surface area contributed by atoms with Gasteiger partial charge in [0.15, 0.2) is 9.60 Å². The summed E-state index contributed by atoms with van der Waals surface area (Å²) >= 11 is 2.92. The summed E-state index contributed by atoms with van der Waals surface area (Å²) in [7, 11) is 3.77. The minimum Gasteiger partial charge on any atom is -0.550 e. The van der Waals surface area contributed by atoms with Gasteiger partial charge in [0.1, 0.15) is 11.6 Å². The Hall–Kier alpha value is -2.64. The van der Waals surface area contributed by atoms with Crippen molar-refractivity contribution in [2.24, 2.45) is 24.1 Å². The van der Waals surface area contributed by atoms with E-state index in [9.17, 15) is 28.6 Å². The molecule has 0 bridgehead atoms. The molecule has 0 fully saturated rings. The molecular formula is C28H28CaF2N4O4S2. The quantitative estimate of drug-likeness (QED) is 0.306. The zero-order valence-electron chi connectivity index (χ0n) is 23.5. The van der Waals surface area contributed by atoms with E-state index in [1.807, 2.05) is 47.8 Å². The summed E-state index contributed by atoms with van der Waals surface area (Å²) in [5, 5.41) is 25.5. The molecule has 2 aromatic carbocycles. The number of aryl methyl sites for hydroxylation is 2. The molecule has 0 spiro atoms. The van der Waals surface area contributed by atoms with Gasteiger partial charge in [0.2, 0.25) is 0 Å². The molecule has 0 aliphatic rings. The molecule has 0 saturated heterocycles. The average molecular weight is 627 g/mol. The summed E-state index contributed by atoms with van der Waals surface area (Å²) in [5.74, 6) is -5.73. The van der Waals surface area contributed by atoms with Crippen LogP contribution in [0.4, 0.5) is 20.2 Å². The third-order valence-electron chi connectivity index (χ3n) is 6.36. The van der Waals surface area contributed by atoms with Crippen molar-refractivity contribution in [1.29, 1.82) is 0 Å². The van der Waals surface area contributed by atoms with Gasteiger partial charge < -0.3 is 28.9 Å². The van der Waals surface area contributed by atoms with E-state index in [0.717, 1.165) is 21.0 Å². The Morgan fingerprint density at radius 1 is 0.756 bits per heavy atom. The second-order valence-electron chi connectivity index (χ2n) is 9.15. The van der Waals surface area contributed by atoms with Crippen LogP contribution in [0.3, 0.4) is 0 Å². The zero-order valence-corrected chi connectivity index (χ0v) is 27.3. The van der Waals surface area contributed by atoms with Gasteiger partial charge in [-0.05, 0) is 49.2 Å². The average Bonchev–Trinajstić information content (AvgIpc) is 3.39. The fourth-order valence-electron chi connectivity index (χ4n) is 3.44. The van der Waals surface area contributed by atoms with Crippen LogP contribution in [0.5, 0.6) is 0 Å². The summed E-state index contributed by atoms with van der Waals surface area (Å²) in [6.07, 6.45) is 0. The van der Waals surface area contributed by atoms with E-state index >= 15 is 0 Å². The van der Waals surface area contributed by atoms with Crippen molar-refractivity contribution in [2.45, 2.75) is 39.5 Å². The van der Waals surface area contributed by atoms with E-state index in [2.05, 4.69) is 9.98 Å². The molecule has 2 atom stereocenters. The maximum absolute atomic E-state index is 13.9. The summed E-state index contributed by atoms with van der Waals surface area (Å²) in [4.78, 5) is 31.7. The number of nitrogens with zero attached hydrogens (tertiary/aromatic N) is 4. The first-order chi connectivity index (χ1) is 18.8. The summed E-state index contributed by atoms with van der Waals surface area (Å²) in [6.45, 7) is 6.71. The number of carboxylic acids is 2. The Balaban J connectivity index is 0.000000280. The first-order valence-electron chi connectivity index (χ1n) is 12.1. The maximum atomic E-state index is 13.9. The van der Waals surface area contributed by atoms with Crippen LogP contribution in [-0.2, 0) is 23.7 Å². The van der Waals surface area contributed by atoms with Crippen LogP contribution in [0.2, 0.25) is 0 Å². The normalized spacial score (nSPS) is 13.2. The van der Waals surface area contributed by atoms with Gasteiger partial charge in [0.05, 0.1) is 11.4 Å². The molecule has 0 aliphatic carbocycles. The van der Waals surface area contributed by atoms with Crippen molar-refractivity contribution >= 4 is 83.7 Å². The van der Waals surface area contributed by atoms with Crippen LogP contribution in [0, 0.1) is 25.5 Å². The molecular weight excluding hydrogens is 599 g/mol. The van der Waals surface area contributed by atoms with E-state index in [1.165, 1.54) is 60.8 Å². The van der Waals surface area contributed by atoms with E-state index in [0.29, 0.717) is 11.4 Å². The number of aliphatic carboxylic acids is 2. The second kappa shape index (κ2) is 15.0. The number of hydrogen-bond donors (Lipinski definition) is 0. The second-order valence-corrected chi connectivity index (χ2v) is 10.8. The van der Waals surface area contributed by atoms with Gasteiger partial charge >= 0.3 is 37.7 Å². The smallest absolute Gasteiger partial charge is 0.550 e. The van der Waals surface area contributed by atoms with E-state index < -0.39 is 35.4 Å². The van der Waals surface area contributed by atoms with Gasteiger partial charge in [-0.2, -0.15) is 0 Å². The van der Waals surface area contributed by atoms with Crippen molar-refractivity contribution in [3.05, 3.63) is 90.9 Å². The molecule has 8 nitrogen and oxygen atoms in total. The van der Waals surface area contributed by atoms with Crippen LogP contribution < -0.4 is 19.8 Å². The summed E-state index contributed by atoms with van der Waals surface area (Å²) in [5.41, 5.74) is 3.25. The fourth-order valence-corrected chi connectivity index (χ4v) is 5.23. The molecule has 212 valence electrons. The molecule has 0 saturated carbocycles. The van der Waals surface area contributed by atoms with Crippen molar-refractivity contribution in [1.82, 2.24) is 9.13 Å². The number of aromatic nitrogens is 2. The molecule has 2 heterocycles. The minimum absolute atomic E-state index is 0. The molecule has 2 aromatic heterocycles. The topological polar surface area (TPSA) is 115 Å². The van der Waals surface area contributed by atoms with Gasteiger partial charge in [-0.3, -0.25) is 0 Å². The number of carbonyl (C=O) groups is 2. The molecule has 13 heteroatoms. The van der Waals surface area contributed by atoms with Crippen molar-refractivity contribution < 1.29 is 28.6 Å². The van der Waals surface area contributed by atoms with Crippen LogP contribution >= 0.6 is 22.7 Å². The van der Waals surface area contributed by atoms with Crippen molar-refractivity contribution in [2.75, 3.05) is 0 Å². The Morgan fingerprint density at radius 3 is 1.34 bits per heavy atom. The van der Waals surface area contributed by atoms with Gasteiger partial charge in [-0.15, -0.1) is 22.7 Å². The fraction of sp³-hybridized carbons (Fsp3) is 0.286. The number of carboxylic acid groups (broad SMARTS) is 2. The van der Waals surface area contributed by atoms with Crippen molar-refractivity contribution in [3.63, 3.8) is 0 Å². The van der Waals surface area contributed by atoms with Crippen LogP contribution in [0.25, 0.3) is 0 Å². The Morgan fingerprint density at radius 2 is 1.10 bits per heavy atom. The van der Waals surface area contributed by atoms with Gasteiger partial charge in [0.25, 0.3) is 0 Å². The zero-order chi connectivity index (χ0) is 29.7. The number of thiazole rings is 2. The van der Waals surface area contributed by atoms with Gasteiger partial charge in [0, 0.05) is 60.0 Å². The first kappa shape index (κ1) is 34.6. The molecule has 0 radical (unpaired) electrons. The molecule has 41 heavy (non-hydrogen) atoms. The molecule has 2 unspecified atom stereocenters. The predicted octanol–water partition coefficient (Wildman–Crippen LogP) is 2.86. The molecule has 4 rings (SSSR count). The number of carbonyl (C=O) groups excluding carboxylic acids is 2. The largest absolute Gasteiger partial charge is 2.00 e. The van der Waals surface area contributed by atoms with Crippen LogP contribution in [0.1, 0.15) is 48.2 Å². The summed E-state index contributed by atoms with van der Waals surface area (Å²) < 4.78 is 31.6. The number of hydrogen-bond acceptors (Lipinski definition) is 8. The Labute approximate surface area is 274 Å². The minimum atomic E-state index is -1.30. The molecule has 4 aromatic rings. The number of rotatable bonds is 6. The Bertz CT molecular complexity index is 1570. The van der Waals surface area contributed by atoms with E-state index in [1.54, 1.807) is 12.1 Å². The number of halogens is 2. The molecule has 0 amide bonds. The maximum Gasteiger partial charge on any atom is 2.00 e. The molecule has 0 aliphatic heterocycles. The SMILES string of the molecule is Cc1csc(=Nc2ccc(C(C)C(=O)[O-])c(F)c2)n1C.Cc1csc(=Nc2ccc(C(C)C(=O)[O-])c(F)c2)n1C.[Ca+2]. The van der Waals surface area contributed by atoms with Crippen molar-refractivity contribution in [3.8, 4) is 0 Å². The first-order valence-corrected chi connectivity index (χ1v) is 13.9. The van der Waals surface area contributed by atoms with E-state index in [4.69, 9.17) is 0 Å². The monoisotopic (exact) mass is 626 g/mol. The Kier molecular flexibility index (Phi) is 12.7.